The standard InChI is InChI=1S/C20H35NO2/c1-3-4-5-9-16-23-20(22)21(18-10-7-6-8-11-18)19-14-12-17(2)13-15-19/h18-19H,2-16H2,1H3. The van der Waals surface area contributed by atoms with Gasteiger partial charge in [-0.15, -0.1) is 0 Å². The number of unbranched alkanes of at least 4 members (excludes halogenated alkanes) is 3. The van der Waals surface area contributed by atoms with Crippen LogP contribution in [0.1, 0.15) is 90.4 Å². The van der Waals surface area contributed by atoms with Crippen LogP contribution in [0.15, 0.2) is 12.2 Å². The topological polar surface area (TPSA) is 29.5 Å². The lowest BCUT2D eigenvalue weighted by atomic mass is 9.87. The first-order valence-electron chi connectivity index (χ1n) is 9.84. The fourth-order valence-corrected chi connectivity index (χ4v) is 4.01. The minimum Gasteiger partial charge on any atom is -0.449 e. The maximum absolute atomic E-state index is 12.7. The highest BCUT2D eigenvalue weighted by Crippen LogP contribution is 2.32. The first kappa shape index (κ1) is 18.4. The molecule has 2 saturated carbocycles. The van der Waals surface area contributed by atoms with Crippen molar-refractivity contribution in [2.45, 2.75) is 102 Å². The molecule has 0 heterocycles. The molecule has 0 aliphatic heterocycles. The lowest BCUT2D eigenvalue weighted by molar-refractivity contribution is 0.0476. The van der Waals surface area contributed by atoms with Crippen molar-refractivity contribution in [3.8, 4) is 0 Å². The van der Waals surface area contributed by atoms with E-state index < -0.39 is 0 Å². The first-order valence-corrected chi connectivity index (χ1v) is 9.84. The Kier molecular flexibility index (Phi) is 7.98. The molecule has 0 spiro atoms. The minimum atomic E-state index is -0.0501. The Morgan fingerprint density at radius 2 is 1.70 bits per heavy atom. The van der Waals surface area contributed by atoms with E-state index in [1.165, 1.54) is 37.7 Å². The fraction of sp³-hybridized carbons (Fsp3) is 0.850. The maximum Gasteiger partial charge on any atom is 0.410 e. The van der Waals surface area contributed by atoms with Crippen LogP contribution in [0.2, 0.25) is 0 Å². The van der Waals surface area contributed by atoms with Crippen LogP contribution in [0.25, 0.3) is 0 Å². The second-order valence-corrected chi connectivity index (χ2v) is 7.36. The second-order valence-electron chi connectivity index (χ2n) is 7.36. The lowest BCUT2D eigenvalue weighted by Gasteiger charge is -2.41. The van der Waals surface area contributed by atoms with Crippen LogP contribution in [0.5, 0.6) is 0 Å². The Morgan fingerprint density at radius 1 is 1.04 bits per heavy atom. The third kappa shape index (κ3) is 5.86. The maximum atomic E-state index is 12.7. The van der Waals surface area contributed by atoms with Gasteiger partial charge in [-0.05, 0) is 44.9 Å². The number of amides is 1. The molecule has 2 aliphatic rings. The summed E-state index contributed by atoms with van der Waals surface area (Å²) in [5.74, 6) is 0. The molecule has 2 aliphatic carbocycles. The van der Waals surface area contributed by atoms with E-state index in [1.54, 1.807) is 0 Å². The largest absolute Gasteiger partial charge is 0.449 e. The molecule has 0 bridgehead atoms. The third-order valence-corrected chi connectivity index (χ3v) is 5.46. The molecule has 3 nitrogen and oxygen atoms in total. The van der Waals surface area contributed by atoms with Crippen molar-refractivity contribution in [2.24, 2.45) is 0 Å². The van der Waals surface area contributed by atoms with Gasteiger partial charge in [-0.2, -0.15) is 0 Å². The highest BCUT2D eigenvalue weighted by atomic mass is 16.6. The molecule has 23 heavy (non-hydrogen) atoms. The summed E-state index contributed by atoms with van der Waals surface area (Å²) in [6.45, 7) is 6.90. The quantitative estimate of drug-likeness (QED) is 0.435. The highest BCUT2D eigenvalue weighted by molar-refractivity contribution is 5.68. The fourth-order valence-electron chi connectivity index (χ4n) is 4.01. The minimum absolute atomic E-state index is 0.0501. The van der Waals surface area contributed by atoms with E-state index in [-0.39, 0.29) is 6.09 Å². The zero-order valence-electron chi connectivity index (χ0n) is 15.0. The van der Waals surface area contributed by atoms with Crippen LogP contribution in [-0.2, 0) is 4.74 Å². The second kappa shape index (κ2) is 10.00. The Hall–Kier alpha value is -0.990. The van der Waals surface area contributed by atoms with Gasteiger partial charge in [-0.1, -0.05) is 57.6 Å². The van der Waals surface area contributed by atoms with Crippen LogP contribution in [0.3, 0.4) is 0 Å². The molecule has 0 unspecified atom stereocenters. The molecule has 0 saturated heterocycles. The molecule has 0 aromatic rings. The predicted molar refractivity (Wildman–Crippen MR) is 95.6 cm³/mol. The van der Waals surface area contributed by atoms with Crippen molar-refractivity contribution in [2.75, 3.05) is 6.61 Å². The molecule has 1 amide bonds. The van der Waals surface area contributed by atoms with Crippen LogP contribution in [0.4, 0.5) is 4.79 Å². The van der Waals surface area contributed by atoms with E-state index >= 15 is 0 Å². The van der Waals surface area contributed by atoms with Gasteiger partial charge in [0.25, 0.3) is 0 Å². The highest BCUT2D eigenvalue weighted by Gasteiger charge is 2.33. The number of nitrogens with zero attached hydrogens (tertiary/aromatic N) is 1. The number of allylic oxidation sites excluding steroid dienone is 1. The van der Waals surface area contributed by atoms with E-state index in [4.69, 9.17) is 4.74 Å². The van der Waals surface area contributed by atoms with Crippen molar-refractivity contribution >= 4 is 6.09 Å². The molecular formula is C20H35NO2. The monoisotopic (exact) mass is 321 g/mol. The number of hydrogen-bond acceptors (Lipinski definition) is 2. The van der Waals surface area contributed by atoms with Crippen molar-refractivity contribution in [3.05, 3.63) is 12.2 Å². The Morgan fingerprint density at radius 3 is 2.35 bits per heavy atom. The summed E-state index contributed by atoms with van der Waals surface area (Å²) in [6.07, 6.45) is 15.0. The average Bonchev–Trinajstić information content (AvgIpc) is 2.58. The number of carbonyl (C=O) groups is 1. The molecule has 0 aromatic heterocycles. The van der Waals surface area contributed by atoms with Crippen LogP contribution >= 0.6 is 0 Å². The summed E-state index contributed by atoms with van der Waals surface area (Å²) in [5.41, 5.74) is 1.35. The average molecular weight is 322 g/mol. The summed E-state index contributed by atoms with van der Waals surface area (Å²) < 4.78 is 5.65. The van der Waals surface area contributed by atoms with Gasteiger partial charge < -0.3 is 9.64 Å². The van der Waals surface area contributed by atoms with Crippen molar-refractivity contribution < 1.29 is 9.53 Å². The van der Waals surface area contributed by atoms with E-state index in [9.17, 15) is 4.79 Å². The number of carbonyl (C=O) groups excluding carboxylic acids is 1. The lowest BCUT2D eigenvalue weighted by Crippen LogP contribution is -2.49. The number of ether oxygens (including phenoxy) is 1. The molecule has 0 atom stereocenters. The SMILES string of the molecule is C=C1CCC(N(C(=O)OCCCCCC)C2CCCCC2)CC1. The van der Waals surface area contributed by atoms with Gasteiger partial charge in [0.05, 0.1) is 6.61 Å². The summed E-state index contributed by atoms with van der Waals surface area (Å²) in [6, 6.07) is 0.773. The summed E-state index contributed by atoms with van der Waals surface area (Å²) >= 11 is 0. The van der Waals surface area contributed by atoms with Gasteiger partial charge in [0.1, 0.15) is 0 Å². The number of rotatable bonds is 7. The molecule has 132 valence electrons. The van der Waals surface area contributed by atoms with E-state index in [0.717, 1.165) is 51.4 Å². The van der Waals surface area contributed by atoms with Gasteiger partial charge in [0, 0.05) is 12.1 Å². The normalized spacial score (nSPS) is 20.5. The van der Waals surface area contributed by atoms with E-state index in [0.29, 0.717) is 18.7 Å². The van der Waals surface area contributed by atoms with E-state index in [2.05, 4.69) is 18.4 Å². The zero-order valence-corrected chi connectivity index (χ0v) is 15.0. The molecule has 0 radical (unpaired) electrons. The van der Waals surface area contributed by atoms with Crippen molar-refractivity contribution in [3.63, 3.8) is 0 Å². The Labute approximate surface area is 142 Å². The van der Waals surface area contributed by atoms with Crippen LogP contribution < -0.4 is 0 Å². The molecule has 3 heteroatoms. The molecule has 0 N–H and O–H groups in total. The summed E-state index contributed by atoms with van der Waals surface area (Å²) in [4.78, 5) is 14.9. The van der Waals surface area contributed by atoms with Crippen LogP contribution in [-0.4, -0.2) is 29.7 Å². The summed E-state index contributed by atoms with van der Waals surface area (Å²) in [5, 5.41) is 0. The zero-order chi connectivity index (χ0) is 16.5. The first-order chi connectivity index (χ1) is 11.2. The molecular weight excluding hydrogens is 286 g/mol. The molecule has 2 rings (SSSR count). The Bertz CT molecular complexity index is 364. The molecule has 0 aromatic carbocycles. The smallest absolute Gasteiger partial charge is 0.410 e. The van der Waals surface area contributed by atoms with Crippen molar-refractivity contribution in [1.82, 2.24) is 4.90 Å². The third-order valence-electron chi connectivity index (χ3n) is 5.46. The Balaban J connectivity index is 1.89. The van der Waals surface area contributed by atoms with Crippen molar-refractivity contribution in [1.29, 1.82) is 0 Å². The van der Waals surface area contributed by atoms with Gasteiger partial charge >= 0.3 is 6.09 Å². The van der Waals surface area contributed by atoms with Gasteiger partial charge in [-0.25, -0.2) is 4.79 Å². The van der Waals surface area contributed by atoms with E-state index in [1.807, 2.05) is 0 Å². The summed E-state index contributed by atoms with van der Waals surface area (Å²) in [7, 11) is 0. The molecule has 2 fully saturated rings. The number of hydrogen-bond donors (Lipinski definition) is 0. The predicted octanol–water partition coefficient (Wildman–Crippen LogP) is 5.84. The van der Waals surface area contributed by atoms with Crippen LogP contribution in [0, 0.1) is 0 Å². The van der Waals surface area contributed by atoms with Gasteiger partial charge in [-0.3, -0.25) is 0 Å². The van der Waals surface area contributed by atoms with Gasteiger partial charge in [0.15, 0.2) is 0 Å². The van der Waals surface area contributed by atoms with Gasteiger partial charge in [0.2, 0.25) is 0 Å².